The molecule has 2 aromatic carbocycles. The molecule has 3 rings (SSSR count). The number of aryl methyl sites for hydroxylation is 3. The predicted molar refractivity (Wildman–Crippen MR) is 126 cm³/mol. The fourth-order valence-corrected chi connectivity index (χ4v) is 4.58. The third kappa shape index (κ3) is 7.24. The summed E-state index contributed by atoms with van der Waals surface area (Å²) in [6, 6.07) is 14.0. The zero-order valence-electron chi connectivity index (χ0n) is 19.7. The summed E-state index contributed by atoms with van der Waals surface area (Å²) in [7, 11) is 0. The molecule has 1 saturated heterocycles. The van der Waals surface area contributed by atoms with Gasteiger partial charge in [0.05, 0.1) is 26.2 Å². The minimum atomic E-state index is 0. The summed E-state index contributed by atoms with van der Waals surface area (Å²) in [5.41, 5.74) is 4.74. The summed E-state index contributed by atoms with van der Waals surface area (Å²) >= 11 is 0. The number of hydrogen-bond donors (Lipinski definition) is 1. The molecule has 1 amide bonds. The van der Waals surface area contributed by atoms with E-state index in [1.54, 1.807) is 0 Å². The summed E-state index contributed by atoms with van der Waals surface area (Å²) in [4.78, 5) is 16.5. The standard InChI is InChI=1S/C19H27N3O.C7H8.Y/c1-6-17(22(7-2)10-8-9-11-22)19(23)21-18-14(3)12-16(20-5)13-15(18)4;1-7-5-3-2-4-6-7;/h12-13,17H,6-11H2,1-4H3;2-6H,1H3;/p+1. The van der Waals surface area contributed by atoms with Gasteiger partial charge in [0.2, 0.25) is 0 Å². The summed E-state index contributed by atoms with van der Waals surface area (Å²) in [6.45, 7) is 20.7. The Labute approximate surface area is 213 Å². The van der Waals surface area contributed by atoms with Gasteiger partial charge in [0, 0.05) is 57.7 Å². The van der Waals surface area contributed by atoms with E-state index in [4.69, 9.17) is 6.57 Å². The van der Waals surface area contributed by atoms with Crippen molar-refractivity contribution in [2.45, 2.75) is 59.9 Å². The Morgan fingerprint density at radius 1 is 1.06 bits per heavy atom. The molecule has 1 fully saturated rings. The van der Waals surface area contributed by atoms with Crippen molar-refractivity contribution in [3.8, 4) is 0 Å². The molecule has 0 bridgehead atoms. The van der Waals surface area contributed by atoms with Crippen molar-refractivity contribution >= 4 is 17.3 Å². The third-order valence-corrected chi connectivity index (χ3v) is 6.27. The van der Waals surface area contributed by atoms with Gasteiger partial charge in [-0.3, -0.25) is 4.79 Å². The Kier molecular flexibility index (Phi) is 11.6. The van der Waals surface area contributed by atoms with Gasteiger partial charge in [-0.05, 0) is 38.8 Å². The number of quaternary nitrogens is 1. The van der Waals surface area contributed by atoms with Crippen LogP contribution in [0, 0.1) is 27.3 Å². The zero-order valence-corrected chi connectivity index (χ0v) is 22.6. The van der Waals surface area contributed by atoms with Gasteiger partial charge in [0.25, 0.3) is 5.91 Å². The van der Waals surface area contributed by atoms with Crippen LogP contribution in [0.15, 0.2) is 42.5 Å². The van der Waals surface area contributed by atoms with Gasteiger partial charge in [-0.1, -0.05) is 55.0 Å². The molecule has 1 aliphatic heterocycles. The summed E-state index contributed by atoms with van der Waals surface area (Å²) in [6.07, 6.45) is 3.29. The Balaban J connectivity index is 0.000000510. The maximum atomic E-state index is 13.0. The summed E-state index contributed by atoms with van der Waals surface area (Å²) in [5, 5.41) is 3.16. The molecule has 0 aromatic heterocycles. The fraction of sp³-hybridized carbons (Fsp3) is 0.462. The minimum absolute atomic E-state index is 0. The van der Waals surface area contributed by atoms with Gasteiger partial charge >= 0.3 is 0 Å². The second kappa shape index (κ2) is 13.1. The minimum Gasteiger partial charge on any atom is -0.321 e. The van der Waals surface area contributed by atoms with E-state index in [0.29, 0.717) is 5.69 Å². The molecule has 1 atom stereocenters. The number of carbonyl (C=O) groups excluding carboxylic acids is 1. The van der Waals surface area contributed by atoms with Crippen LogP contribution in [-0.4, -0.2) is 36.1 Å². The quantitative estimate of drug-likeness (QED) is 0.389. The topological polar surface area (TPSA) is 33.5 Å². The van der Waals surface area contributed by atoms with E-state index in [9.17, 15) is 4.79 Å². The molecule has 0 spiro atoms. The van der Waals surface area contributed by atoms with E-state index in [2.05, 4.69) is 43.1 Å². The van der Waals surface area contributed by atoms with E-state index in [1.165, 1.54) is 18.4 Å². The molecule has 5 heteroatoms. The molecular formula is C26H36N3OY+. The summed E-state index contributed by atoms with van der Waals surface area (Å²) < 4.78 is 0.917. The van der Waals surface area contributed by atoms with Crippen LogP contribution >= 0.6 is 0 Å². The second-order valence-electron chi connectivity index (χ2n) is 8.32. The van der Waals surface area contributed by atoms with Crippen LogP contribution in [0.2, 0.25) is 0 Å². The van der Waals surface area contributed by atoms with E-state index in [0.717, 1.165) is 47.4 Å². The molecule has 1 aliphatic rings. The Morgan fingerprint density at radius 2 is 1.61 bits per heavy atom. The Bertz CT molecular complexity index is 860. The molecule has 1 heterocycles. The number of nitrogens with one attached hydrogen (secondary N) is 1. The molecule has 163 valence electrons. The molecule has 31 heavy (non-hydrogen) atoms. The maximum absolute atomic E-state index is 13.0. The molecule has 4 nitrogen and oxygen atoms in total. The number of rotatable bonds is 5. The van der Waals surface area contributed by atoms with Gasteiger partial charge < -0.3 is 9.80 Å². The first-order valence-electron chi connectivity index (χ1n) is 11.0. The largest absolute Gasteiger partial charge is 0.321 e. The average molecular weight is 496 g/mol. The Hall–Kier alpha value is -1.54. The van der Waals surface area contributed by atoms with Crippen molar-refractivity contribution in [3.63, 3.8) is 0 Å². The van der Waals surface area contributed by atoms with Crippen molar-refractivity contribution in [3.05, 3.63) is 70.6 Å². The van der Waals surface area contributed by atoms with Gasteiger partial charge in [-0.15, -0.1) is 0 Å². The van der Waals surface area contributed by atoms with Crippen LogP contribution in [-0.2, 0) is 37.5 Å². The van der Waals surface area contributed by atoms with E-state index < -0.39 is 0 Å². The molecule has 2 aromatic rings. The smallest absolute Gasteiger partial charge is 0.282 e. The first kappa shape index (κ1) is 27.5. The van der Waals surface area contributed by atoms with Crippen molar-refractivity contribution in [1.29, 1.82) is 0 Å². The number of amides is 1. The normalized spacial score (nSPS) is 15.0. The number of carbonyl (C=O) groups is 1. The van der Waals surface area contributed by atoms with Crippen LogP contribution in [0.25, 0.3) is 4.85 Å². The predicted octanol–water partition coefficient (Wildman–Crippen LogP) is 6.19. The molecule has 1 unspecified atom stereocenters. The summed E-state index contributed by atoms with van der Waals surface area (Å²) in [5.74, 6) is 0.123. The zero-order chi connectivity index (χ0) is 22.1. The number of nitrogens with zero attached hydrogens (tertiary/aromatic N) is 2. The van der Waals surface area contributed by atoms with Crippen molar-refractivity contribution in [1.82, 2.24) is 0 Å². The first-order chi connectivity index (χ1) is 14.4. The third-order valence-electron chi connectivity index (χ3n) is 6.27. The van der Waals surface area contributed by atoms with Gasteiger partial charge in [-0.25, -0.2) is 4.85 Å². The van der Waals surface area contributed by atoms with Gasteiger partial charge in [0.1, 0.15) is 0 Å². The molecule has 0 aliphatic carbocycles. The number of likely N-dealkylation sites (tertiary alicyclic amines) is 1. The molecule has 1 N–H and O–H groups in total. The molecule has 0 saturated carbocycles. The number of hydrogen-bond acceptors (Lipinski definition) is 1. The van der Waals surface area contributed by atoms with Crippen LogP contribution in [0.4, 0.5) is 11.4 Å². The van der Waals surface area contributed by atoms with Crippen LogP contribution in [0.1, 0.15) is 49.8 Å². The number of anilines is 1. The fourth-order valence-electron chi connectivity index (χ4n) is 4.58. The van der Waals surface area contributed by atoms with E-state index in [-0.39, 0.29) is 44.7 Å². The molecular weight excluding hydrogens is 459 g/mol. The second-order valence-corrected chi connectivity index (χ2v) is 8.32. The van der Waals surface area contributed by atoms with Gasteiger partial charge in [-0.2, -0.15) is 0 Å². The van der Waals surface area contributed by atoms with Crippen LogP contribution in [0.5, 0.6) is 0 Å². The van der Waals surface area contributed by atoms with E-state index in [1.807, 2.05) is 44.2 Å². The first-order valence-corrected chi connectivity index (χ1v) is 11.0. The van der Waals surface area contributed by atoms with Crippen LogP contribution in [0.3, 0.4) is 0 Å². The van der Waals surface area contributed by atoms with Crippen molar-refractivity contribution < 1.29 is 42.0 Å². The van der Waals surface area contributed by atoms with E-state index >= 15 is 0 Å². The van der Waals surface area contributed by atoms with Crippen LogP contribution < -0.4 is 5.32 Å². The van der Waals surface area contributed by atoms with Crippen molar-refractivity contribution in [2.24, 2.45) is 0 Å². The molecule has 1 radical (unpaired) electrons. The van der Waals surface area contributed by atoms with Crippen molar-refractivity contribution in [2.75, 3.05) is 25.0 Å². The maximum Gasteiger partial charge on any atom is 0.282 e. The number of likely N-dealkylation sites (N-methyl/N-ethyl adjacent to an activating group) is 1. The Morgan fingerprint density at radius 3 is 2.00 bits per heavy atom. The SMILES string of the molecule is Cc1ccccc1.[C-]#[N+]c1cc(C)c(NC(=O)C(CC)[N+]2(CC)CCCC2)c(C)c1.[Y]. The van der Waals surface area contributed by atoms with Gasteiger partial charge in [0.15, 0.2) is 11.7 Å². The monoisotopic (exact) mass is 495 g/mol. The average Bonchev–Trinajstić information content (AvgIpc) is 3.22. The number of benzene rings is 2.